The second-order valence-corrected chi connectivity index (χ2v) is 7.85. The number of nitrogens with one attached hydrogen (secondary N) is 2. The summed E-state index contributed by atoms with van der Waals surface area (Å²) in [6.45, 7) is 0.109. The summed E-state index contributed by atoms with van der Waals surface area (Å²) in [7, 11) is -3.07. The van der Waals surface area contributed by atoms with Crippen molar-refractivity contribution in [3.8, 4) is 0 Å². The van der Waals surface area contributed by atoms with Crippen LogP contribution in [0.5, 0.6) is 0 Å². The number of nitrogens with zero attached hydrogens (tertiary/aromatic N) is 1. The number of nitrogen functional groups attached to an aromatic ring is 1. The van der Waals surface area contributed by atoms with Crippen LogP contribution < -0.4 is 16.6 Å². The highest BCUT2D eigenvalue weighted by Gasteiger charge is 2.31. The van der Waals surface area contributed by atoms with E-state index in [1.807, 2.05) is 0 Å². The first-order valence-electron chi connectivity index (χ1n) is 6.06. The van der Waals surface area contributed by atoms with Crippen LogP contribution >= 0.6 is 15.9 Å². The number of hydrazine groups is 1. The molecule has 20 heavy (non-hydrogen) atoms. The van der Waals surface area contributed by atoms with E-state index in [-0.39, 0.29) is 23.7 Å². The van der Waals surface area contributed by atoms with E-state index in [1.165, 1.54) is 6.20 Å². The van der Waals surface area contributed by atoms with E-state index in [0.29, 0.717) is 17.3 Å². The van der Waals surface area contributed by atoms with Crippen LogP contribution in [0.3, 0.4) is 0 Å². The molecule has 0 aliphatic carbocycles. The first kappa shape index (κ1) is 15.2. The largest absolute Gasteiger partial charge is 0.351 e. The summed E-state index contributed by atoms with van der Waals surface area (Å²) in [5.41, 5.74) is 2.60. The minimum atomic E-state index is -3.07. The Morgan fingerprint density at radius 2 is 2.30 bits per heavy atom. The fourth-order valence-electron chi connectivity index (χ4n) is 2.12. The summed E-state index contributed by atoms with van der Waals surface area (Å²) >= 11 is 3.22. The molecule has 1 aromatic rings. The number of halogens is 1. The molecular formula is C11H15BrN4O3S. The summed E-state index contributed by atoms with van der Waals surface area (Å²) in [6, 6.07) is 1.57. The molecule has 7 nitrogen and oxygen atoms in total. The van der Waals surface area contributed by atoms with Crippen LogP contribution in [0.4, 0.5) is 5.82 Å². The monoisotopic (exact) mass is 362 g/mol. The lowest BCUT2D eigenvalue weighted by molar-refractivity contribution is 0.0954. The van der Waals surface area contributed by atoms with Crippen LogP contribution in [-0.2, 0) is 9.84 Å². The van der Waals surface area contributed by atoms with E-state index >= 15 is 0 Å². The Morgan fingerprint density at radius 1 is 1.55 bits per heavy atom. The van der Waals surface area contributed by atoms with Crippen molar-refractivity contribution < 1.29 is 13.2 Å². The van der Waals surface area contributed by atoms with E-state index in [9.17, 15) is 13.2 Å². The van der Waals surface area contributed by atoms with Gasteiger partial charge in [-0.25, -0.2) is 19.2 Å². The SMILES string of the molecule is NNc1ncc(Br)cc1C(=O)NCC1CCCS1(=O)=O. The van der Waals surface area contributed by atoms with Gasteiger partial charge in [0.15, 0.2) is 15.7 Å². The van der Waals surface area contributed by atoms with E-state index in [0.717, 1.165) is 0 Å². The van der Waals surface area contributed by atoms with Gasteiger partial charge in [-0.2, -0.15) is 0 Å². The Kier molecular flexibility index (Phi) is 4.61. The Hall–Kier alpha value is -1.19. The molecule has 2 heterocycles. The Balaban J connectivity index is 2.07. The van der Waals surface area contributed by atoms with Crippen LogP contribution in [0.1, 0.15) is 23.2 Å². The lowest BCUT2D eigenvalue weighted by atomic mass is 10.2. The van der Waals surface area contributed by atoms with Crippen LogP contribution in [0.2, 0.25) is 0 Å². The predicted molar refractivity (Wildman–Crippen MR) is 78.9 cm³/mol. The molecule has 0 aromatic carbocycles. The van der Waals surface area contributed by atoms with Gasteiger partial charge in [0, 0.05) is 17.2 Å². The molecule has 1 atom stereocenters. The molecule has 2 rings (SSSR count). The van der Waals surface area contributed by atoms with Crippen molar-refractivity contribution in [2.45, 2.75) is 18.1 Å². The first-order valence-corrected chi connectivity index (χ1v) is 8.57. The van der Waals surface area contributed by atoms with E-state index in [2.05, 4.69) is 31.7 Å². The molecule has 0 saturated carbocycles. The second-order valence-electron chi connectivity index (χ2n) is 4.54. The highest BCUT2D eigenvalue weighted by Crippen LogP contribution is 2.20. The number of rotatable bonds is 4. The smallest absolute Gasteiger partial charge is 0.255 e. The standard InChI is InChI=1S/C11H15BrN4O3S/c12-7-4-9(10(16-13)14-5-7)11(17)15-6-8-2-1-3-20(8,18)19/h4-5,8H,1-3,6,13H2,(H,14,16)(H,15,17). The Morgan fingerprint density at radius 3 is 2.90 bits per heavy atom. The lowest BCUT2D eigenvalue weighted by Crippen LogP contribution is -2.35. The number of amides is 1. The number of pyridine rings is 1. The molecule has 1 aliphatic rings. The molecule has 1 amide bonds. The minimum absolute atomic E-state index is 0.109. The molecule has 0 radical (unpaired) electrons. The van der Waals surface area contributed by atoms with Crippen molar-refractivity contribution in [3.63, 3.8) is 0 Å². The molecule has 0 spiro atoms. The number of hydrogen-bond donors (Lipinski definition) is 3. The fourth-order valence-corrected chi connectivity index (χ4v) is 4.21. The van der Waals surface area contributed by atoms with Gasteiger partial charge in [-0.3, -0.25) is 4.79 Å². The number of sulfone groups is 1. The normalized spacial score (nSPS) is 20.6. The summed E-state index contributed by atoms with van der Waals surface area (Å²) < 4.78 is 24.0. The topological polar surface area (TPSA) is 114 Å². The second kappa shape index (κ2) is 6.06. The Labute approximate surface area is 125 Å². The van der Waals surface area contributed by atoms with Gasteiger partial charge in [0.2, 0.25) is 0 Å². The van der Waals surface area contributed by atoms with Crippen LogP contribution in [0, 0.1) is 0 Å². The zero-order valence-corrected chi connectivity index (χ0v) is 13.0. The molecule has 9 heteroatoms. The average Bonchev–Trinajstić information content (AvgIpc) is 2.75. The number of carbonyl (C=O) groups excluding carboxylic acids is 1. The number of carbonyl (C=O) groups is 1. The maximum absolute atomic E-state index is 12.1. The highest BCUT2D eigenvalue weighted by atomic mass is 79.9. The highest BCUT2D eigenvalue weighted by molar-refractivity contribution is 9.10. The molecule has 1 unspecified atom stereocenters. The van der Waals surface area contributed by atoms with Crippen molar-refractivity contribution >= 4 is 37.5 Å². The first-order chi connectivity index (χ1) is 9.44. The van der Waals surface area contributed by atoms with Crippen molar-refractivity contribution in [2.24, 2.45) is 5.84 Å². The number of hydrogen-bond acceptors (Lipinski definition) is 6. The third-order valence-electron chi connectivity index (χ3n) is 3.19. The van der Waals surface area contributed by atoms with E-state index in [4.69, 9.17) is 5.84 Å². The third kappa shape index (κ3) is 3.28. The van der Waals surface area contributed by atoms with Gasteiger partial charge >= 0.3 is 0 Å². The summed E-state index contributed by atoms with van der Waals surface area (Å²) in [5, 5.41) is 2.12. The Bertz CT molecular complexity index is 620. The van der Waals surface area contributed by atoms with Crippen molar-refractivity contribution in [3.05, 3.63) is 22.3 Å². The lowest BCUT2D eigenvalue weighted by Gasteiger charge is -2.12. The molecule has 1 aromatic heterocycles. The molecule has 0 bridgehead atoms. The van der Waals surface area contributed by atoms with Gasteiger partial charge in [0.1, 0.15) is 0 Å². The minimum Gasteiger partial charge on any atom is -0.351 e. The van der Waals surface area contributed by atoms with E-state index < -0.39 is 21.0 Å². The molecular weight excluding hydrogens is 348 g/mol. The van der Waals surface area contributed by atoms with Crippen molar-refractivity contribution in [1.82, 2.24) is 10.3 Å². The number of nitrogens with two attached hydrogens (primary N) is 1. The van der Waals surface area contributed by atoms with Gasteiger partial charge < -0.3 is 10.7 Å². The zero-order valence-electron chi connectivity index (χ0n) is 10.6. The molecule has 1 fully saturated rings. The van der Waals surface area contributed by atoms with Gasteiger partial charge in [-0.15, -0.1) is 0 Å². The van der Waals surface area contributed by atoms with Gasteiger partial charge in [0.25, 0.3) is 5.91 Å². The number of aromatic nitrogens is 1. The molecule has 1 saturated heterocycles. The number of anilines is 1. The fraction of sp³-hybridized carbons (Fsp3) is 0.455. The van der Waals surface area contributed by atoms with Crippen molar-refractivity contribution in [2.75, 3.05) is 17.7 Å². The summed E-state index contributed by atoms with van der Waals surface area (Å²) in [5.74, 6) is 5.32. The molecule has 1 aliphatic heterocycles. The van der Waals surface area contributed by atoms with Crippen LogP contribution in [-0.4, -0.2) is 36.9 Å². The summed E-state index contributed by atoms with van der Waals surface area (Å²) in [4.78, 5) is 16.0. The molecule has 4 N–H and O–H groups in total. The maximum atomic E-state index is 12.1. The maximum Gasteiger partial charge on any atom is 0.255 e. The third-order valence-corrected chi connectivity index (χ3v) is 5.90. The summed E-state index contributed by atoms with van der Waals surface area (Å²) in [6.07, 6.45) is 2.74. The van der Waals surface area contributed by atoms with Crippen LogP contribution in [0.15, 0.2) is 16.7 Å². The molecule has 110 valence electrons. The van der Waals surface area contributed by atoms with E-state index in [1.54, 1.807) is 6.07 Å². The van der Waals surface area contributed by atoms with Gasteiger partial charge in [0.05, 0.1) is 16.6 Å². The van der Waals surface area contributed by atoms with Crippen molar-refractivity contribution in [1.29, 1.82) is 0 Å². The van der Waals surface area contributed by atoms with Crippen LogP contribution in [0.25, 0.3) is 0 Å². The average molecular weight is 363 g/mol. The zero-order chi connectivity index (χ0) is 14.8. The predicted octanol–water partition coefficient (Wildman–Crippen LogP) is 0.437. The van der Waals surface area contributed by atoms with Gasteiger partial charge in [-0.05, 0) is 34.8 Å². The van der Waals surface area contributed by atoms with Gasteiger partial charge in [-0.1, -0.05) is 0 Å². The quantitative estimate of drug-likeness (QED) is 0.528.